The summed E-state index contributed by atoms with van der Waals surface area (Å²) < 4.78 is 44.7. The third-order valence-electron chi connectivity index (χ3n) is 11.4. The number of cyclic esters (lactones) is 1. The predicted octanol–water partition coefficient (Wildman–Crippen LogP) is 7.60. The van der Waals surface area contributed by atoms with E-state index < -0.39 is 56.1 Å². The van der Waals surface area contributed by atoms with Gasteiger partial charge in [-0.15, -0.1) is 0 Å². The molecule has 6 unspecified atom stereocenters. The van der Waals surface area contributed by atoms with E-state index in [1.54, 1.807) is 52.1 Å². The van der Waals surface area contributed by atoms with Gasteiger partial charge in [-0.05, 0) is 96.0 Å². The van der Waals surface area contributed by atoms with Crippen molar-refractivity contribution in [2.24, 2.45) is 17.0 Å². The van der Waals surface area contributed by atoms with Crippen molar-refractivity contribution in [3.8, 4) is 0 Å². The van der Waals surface area contributed by atoms with Crippen LogP contribution in [0.2, 0.25) is 18.1 Å². The number of carbonyl (C=O) groups excluding carboxylic acids is 2. The maximum atomic E-state index is 13.6. The van der Waals surface area contributed by atoms with Gasteiger partial charge in [-0.3, -0.25) is 0 Å². The Morgan fingerprint density at radius 3 is 2.36 bits per heavy atom. The number of nitrogens with zero attached hydrogens (tertiary/aromatic N) is 4. The topological polar surface area (TPSA) is 163 Å². The van der Waals surface area contributed by atoms with Gasteiger partial charge in [0.15, 0.2) is 20.7 Å². The summed E-state index contributed by atoms with van der Waals surface area (Å²) in [6.07, 6.45) is -1.72. The minimum atomic E-state index is -2.05. The van der Waals surface area contributed by atoms with E-state index >= 15 is 0 Å². The number of methoxy groups -OCH3 is 1. The molecule has 0 saturated carbocycles. The molecule has 0 aromatic heterocycles. The van der Waals surface area contributed by atoms with Gasteiger partial charge in [0.05, 0.1) is 35.0 Å². The van der Waals surface area contributed by atoms with E-state index in [4.69, 9.17) is 38.4 Å². The lowest BCUT2D eigenvalue weighted by atomic mass is 9.80. The minimum absolute atomic E-state index is 0.0101. The Bertz CT molecular complexity index is 1550. The van der Waals surface area contributed by atoms with Crippen molar-refractivity contribution in [1.82, 2.24) is 10.2 Å². The van der Waals surface area contributed by atoms with Crippen molar-refractivity contribution in [2.45, 2.75) is 148 Å². The first kappa shape index (κ1) is 47.4. The second-order valence-electron chi connectivity index (χ2n) is 18.0. The van der Waals surface area contributed by atoms with E-state index in [2.05, 4.69) is 56.1 Å². The van der Waals surface area contributed by atoms with Crippen LogP contribution in [0, 0.1) is 11.8 Å². The first-order valence-electron chi connectivity index (χ1n) is 19.7. The summed E-state index contributed by atoms with van der Waals surface area (Å²) >= 11 is 0. The Morgan fingerprint density at radius 1 is 1.14 bits per heavy atom. The molecule has 0 spiro atoms. The highest BCUT2D eigenvalue weighted by molar-refractivity contribution is 6.74. The molecule has 1 saturated heterocycles. The van der Waals surface area contributed by atoms with Crippen LogP contribution in [0.4, 0.5) is 0 Å². The highest BCUT2D eigenvalue weighted by Crippen LogP contribution is 2.41. The number of hydrogen-bond donors (Lipinski definition) is 1. The smallest absolute Gasteiger partial charge is 0.340 e. The highest BCUT2D eigenvalue weighted by atomic mass is 28.4. The largest absolute Gasteiger partial charge is 0.456 e. The first-order chi connectivity index (χ1) is 25.9. The third kappa shape index (κ3) is 12.5. The quantitative estimate of drug-likeness (QED) is 0.0482. The molecule has 1 aromatic rings. The number of likely N-dealkylation sites (N-methyl/N-ethyl adjacent to an activating group) is 1. The zero-order valence-electron chi connectivity index (χ0n) is 36.5. The van der Waals surface area contributed by atoms with Crippen molar-refractivity contribution in [1.29, 1.82) is 0 Å². The molecule has 9 atom stereocenters. The van der Waals surface area contributed by atoms with Crippen LogP contribution < -0.4 is 5.32 Å². The van der Waals surface area contributed by atoms with Crippen LogP contribution in [0.25, 0.3) is 10.4 Å². The molecule has 2 heterocycles. The van der Waals surface area contributed by atoms with Crippen LogP contribution in [-0.2, 0) is 37.6 Å². The summed E-state index contributed by atoms with van der Waals surface area (Å²) in [6.45, 7) is 25.2. The van der Waals surface area contributed by atoms with E-state index in [1.165, 1.54) is 0 Å². The van der Waals surface area contributed by atoms with E-state index in [0.29, 0.717) is 42.9 Å². The maximum Gasteiger partial charge on any atom is 0.340 e. The summed E-state index contributed by atoms with van der Waals surface area (Å²) in [6, 6.07) is 8.42. The fourth-order valence-corrected chi connectivity index (χ4v) is 8.14. The van der Waals surface area contributed by atoms with Gasteiger partial charge in [0.1, 0.15) is 5.76 Å². The Balaban J connectivity index is 2.01. The molecule has 56 heavy (non-hydrogen) atoms. The van der Waals surface area contributed by atoms with E-state index in [-0.39, 0.29) is 35.7 Å². The SMILES string of the molecule is COC(C)(C[C@@H](C)CNC(CN=[N+]=[N-])CO[Si](C)(C)C(C)(C)C)[C@H](OC1OC(C)CC(N(C)C)C1OC(=O)c1ccccc1)[C@@H](C)C1=C(C)C(=O)OC(C)(C)O1. The number of ether oxygens (including phenoxy) is 6. The molecule has 1 N–H and O–H groups in total. The van der Waals surface area contributed by atoms with Crippen LogP contribution in [-0.4, -0.2) is 114 Å². The number of azide groups is 1. The normalized spacial score (nSPS) is 24.9. The summed E-state index contributed by atoms with van der Waals surface area (Å²) in [5.41, 5.74) is 8.88. The van der Waals surface area contributed by atoms with Crippen LogP contribution >= 0.6 is 0 Å². The highest BCUT2D eigenvalue weighted by Gasteiger charge is 2.50. The Hall–Kier alpha value is -3.01. The first-order valence-corrected chi connectivity index (χ1v) is 22.7. The molecule has 0 bridgehead atoms. The molecule has 0 aliphatic carbocycles. The number of benzene rings is 1. The van der Waals surface area contributed by atoms with E-state index in [9.17, 15) is 9.59 Å². The predicted molar refractivity (Wildman–Crippen MR) is 218 cm³/mol. The van der Waals surface area contributed by atoms with Crippen molar-refractivity contribution in [3.63, 3.8) is 0 Å². The van der Waals surface area contributed by atoms with Crippen LogP contribution in [0.5, 0.6) is 0 Å². The van der Waals surface area contributed by atoms with Crippen molar-refractivity contribution in [3.05, 3.63) is 57.7 Å². The van der Waals surface area contributed by atoms with Crippen molar-refractivity contribution in [2.75, 3.05) is 40.9 Å². The number of rotatable bonds is 19. The number of esters is 2. The lowest BCUT2D eigenvalue weighted by Gasteiger charge is -2.48. The lowest BCUT2D eigenvalue weighted by Crippen LogP contribution is -2.59. The molecular weight excluding hydrogens is 735 g/mol. The second-order valence-corrected chi connectivity index (χ2v) is 22.8. The maximum absolute atomic E-state index is 13.6. The summed E-state index contributed by atoms with van der Waals surface area (Å²) in [7, 11) is 3.48. The number of carbonyl (C=O) groups is 2. The monoisotopic (exact) mass is 803 g/mol. The average molecular weight is 804 g/mol. The molecule has 316 valence electrons. The Labute approximate surface area is 336 Å². The molecule has 1 fully saturated rings. The van der Waals surface area contributed by atoms with Crippen LogP contribution in [0.3, 0.4) is 0 Å². The molecule has 1 aromatic carbocycles. The second kappa shape index (κ2) is 19.6. The summed E-state index contributed by atoms with van der Waals surface area (Å²) in [5.74, 6) is -2.29. The average Bonchev–Trinajstić information content (AvgIpc) is 3.11. The van der Waals surface area contributed by atoms with Gasteiger partial charge < -0.3 is 43.1 Å². The molecule has 15 heteroatoms. The van der Waals surface area contributed by atoms with Crippen molar-refractivity contribution >= 4 is 20.3 Å². The van der Waals surface area contributed by atoms with Gasteiger partial charge >= 0.3 is 11.9 Å². The van der Waals surface area contributed by atoms with Gasteiger partial charge in [0, 0.05) is 51.0 Å². The zero-order valence-corrected chi connectivity index (χ0v) is 37.5. The Morgan fingerprint density at radius 2 is 1.79 bits per heavy atom. The number of hydrogen-bond acceptors (Lipinski definition) is 12. The van der Waals surface area contributed by atoms with Gasteiger partial charge in [-0.25, -0.2) is 9.59 Å². The lowest BCUT2D eigenvalue weighted by molar-refractivity contribution is -0.298. The van der Waals surface area contributed by atoms with E-state index in [0.717, 1.165) is 0 Å². The molecule has 0 amide bonds. The third-order valence-corrected chi connectivity index (χ3v) is 15.9. The molecule has 14 nitrogen and oxygen atoms in total. The fraction of sp³-hybridized carbons (Fsp3) is 0.756. The van der Waals surface area contributed by atoms with Gasteiger partial charge in [-0.1, -0.05) is 57.9 Å². The van der Waals surface area contributed by atoms with Gasteiger partial charge in [0.2, 0.25) is 5.79 Å². The molecule has 2 aliphatic heterocycles. The standard InChI is InChI=1S/C41H69N5O9Si/c1-26(23-43-31(24-44-45-42)25-50-56(14,15)39(5,6)7)22-41(10,49-13)35(28(3)33-29(4)36(47)55-40(8,9)54-33)53-38-34(32(46(11)12)21-27(2)51-38)52-37(48)30-19-17-16-18-20-30/h16-20,26-28,31-32,34-35,38,43H,21-25H2,1-15H3/t26-,27?,28+,31?,32?,34?,35-,38?,41?/m1/s1. The summed E-state index contributed by atoms with van der Waals surface area (Å²) in [4.78, 5) is 31.7. The molecular formula is C41H69N5O9Si. The summed E-state index contributed by atoms with van der Waals surface area (Å²) in [5, 5.41) is 7.48. The zero-order chi connectivity index (χ0) is 42.2. The Kier molecular flexibility index (Phi) is 16.6. The fourth-order valence-electron chi connectivity index (χ4n) is 7.09. The van der Waals surface area contributed by atoms with Crippen LogP contribution in [0.1, 0.15) is 92.4 Å². The van der Waals surface area contributed by atoms with Crippen molar-refractivity contribution < 1.29 is 42.4 Å². The minimum Gasteiger partial charge on any atom is -0.456 e. The number of nitrogens with one attached hydrogen (secondary N) is 1. The molecule has 0 radical (unpaired) electrons. The van der Waals surface area contributed by atoms with E-state index in [1.807, 2.05) is 45.8 Å². The molecule has 2 aliphatic rings. The van der Waals surface area contributed by atoms with Gasteiger partial charge in [-0.2, -0.15) is 0 Å². The van der Waals surface area contributed by atoms with Crippen LogP contribution in [0.15, 0.2) is 46.8 Å². The van der Waals surface area contributed by atoms with Gasteiger partial charge in [0.25, 0.3) is 0 Å². The molecule has 3 rings (SSSR count).